The van der Waals surface area contributed by atoms with Crippen LogP contribution in [-0.2, 0) is 9.59 Å². The quantitative estimate of drug-likeness (QED) is 0.220. The number of aliphatic carboxylic acids is 2. The van der Waals surface area contributed by atoms with Crippen molar-refractivity contribution in [2.45, 2.75) is 53.6 Å². The zero-order chi connectivity index (χ0) is 33.8. The van der Waals surface area contributed by atoms with Crippen LogP contribution in [0.1, 0.15) is 41.5 Å². The molecule has 2 aromatic carbocycles. The molecule has 43 heavy (non-hydrogen) atoms. The number of nitrogens with zero attached hydrogens (tertiary/aromatic N) is 2. The van der Waals surface area contributed by atoms with Crippen molar-refractivity contribution < 1.29 is 34.0 Å². The minimum Gasteiger partial charge on any atom is -0.480 e. The molecule has 2 rings (SSSR count). The number of carbonyl (C=O) groups is 2. The van der Waals surface area contributed by atoms with E-state index in [4.69, 9.17) is 15.9 Å². The standard InChI is InChI=1S/C12H16N2O4.C6H4FNO2.C6H13NO2.B3.B2.B/c1-12(2,3)10(11(15)16)13-8-6-4-5-7-9(8)14(17)18;7-5-3-1-2-4-6(5)8(9)10;1-6(2,3)4(7)5(8)9;1-3-2;1-2;/h4-7,10,13H,1-3H3,(H,15,16);1-4H;4H,7H2,1-3H3,(H,8,9);;;/t10-;;4-;;;/m1.1.../s1. The number of carboxylic acids is 2. The molecule has 0 saturated carbocycles. The van der Waals surface area contributed by atoms with E-state index in [0.29, 0.717) is 0 Å². The lowest BCUT2D eigenvalue weighted by molar-refractivity contribution is -0.387. The van der Waals surface area contributed by atoms with Gasteiger partial charge >= 0.3 is 17.6 Å². The molecule has 0 saturated heterocycles. The third-order valence-electron chi connectivity index (χ3n) is 4.76. The van der Waals surface area contributed by atoms with Crippen LogP contribution in [0.15, 0.2) is 48.5 Å². The van der Waals surface area contributed by atoms with Gasteiger partial charge in [0.15, 0.2) is 0 Å². The van der Waals surface area contributed by atoms with Gasteiger partial charge in [0.2, 0.25) is 5.82 Å². The van der Waals surface area contributed by atoms with Crippen LogP contribution in [-0.4, -0.2) is 90.5 Å². The molecular formula is C24H33B6FN4O8. The van der Waals surface area contributed by atoms with Crippen LogP contribution in [0.3, 0.4) is 0 Å². The Bertz CT molecular complexity index is 1140. The van der Waals surface area contributed by atoms with Gasteiger partial charge in [0.25, 0.3) is 5.69 Å². The van der Waals surface area contributed by atoms with Crippen LogP contribution < -0.4 is 11.1 Å². The van der Waals surface area contributed by atoms with E-state index in [1.165, 1.54) is 30.3 Å². The Morgan fingerprint density at radius 1 is 0.860 bits per heavy atom. The molecule has 0 amide bonds. The van der Waals surface area contributed by atoms with Crippen LogP contribution in [0.4, 0.5) is 21.5 Å². The normalized spacial score (nSPS) is 11.1. The van der Waals surface area contributed by atoms with Crippen molar-refractivity contribution in [2.75, 3.05) is 5.32 Å². The lowest BCUT2D eigenvalue weighted by Gasteiger charge is -2.28. The van der Waals surface area contributed by atoms with Gasteiger partial charge < -0.3 is 21.3 Å². The molecule has 0 aliphatic heterocycles. The number of para-hydroxylation sites is 3. The summed E-state index contributed by atoms with van der Waals surface area (Å²) in [5.41, 5.74) is 3.99. The third kappa shape index (κ3) is 19.9. The van der Waals surface area contributed by atoms with E-state index in [0.717, 1.165) is 19.2 Å². The summed E-state index contributed by atoms with van der Waals surface area (Å²) < 4.78 is 12.4. The predicted octanol–water partition coefficient (Wildman–Crippen LogP) is 2.40. The maximum atomic E-state index is 12.4. The first-order chi connectivity index (χ1) is 19.2. The van der Waals surface area contributed by atoms with E-state index < -0.39 is 50.8 Å². The van der Waals surface area contributed by atoms with Gasteiger partial charge in [-0.15, -0.1) is 0 Å². The van der Waals surface area contributed by atoms with Crippen LogP contribution in [0.2, 0.25) is 0 Å². The molecule has 0 aliphatic carbocycles. The minimum absolute atomic E-state index is 0. The molecule has 0 aliphatic rings. The van der Waals surface area contributed by atoms with Gasteiger partial charge in [-0.25, -0.2) is 4.79 Å². The van der Waals surface area contributed by atoms with Crippen LogP contribution in [0, 0.1) is 36.9 Å². The molecule has 2 atom stereocenters. The predicted molar refractivity (Wildman–Crippen MR) is 170 cm³/mol. The summed E-state index contributed by atoms with van der Waals surface area (Å²) in [5.74, 6) is -2.78. The van der Waals surface area contributed by atoms with Gasteiger partial charge in [-0.05, 0) is 23.0 Å². The number of nitro groups is 2. The fourth-order valence-corrected chi connectivity index (χ4v) is 2.53. The molecule has 0 aromatic heterocycles. The molecule has 12 nitrogen and oxygen atoms in total. The number of carboxylic acid groups (broad SMARTS) is 2. The molecule has 0 spiro atoms. The molecular weight excluding hydrogens is 556 g/mol. The average Bonchev–Trinajstić information content (AvgIpc) is 2.88. The Labute approximate surface area is 259 Å². The van der Waals surface area contributed by atoms with Crippen molar-refractivity contribution in [1.29, 1.82) is 0 Å². The van der Waals surface area contributed by atoms with Crippen molar-refractivity contribution in [3.8, 4) is 0 Å². The Balaban J connectivity index is -0.000000260. The molecule has 0 fully saturated rings. The SMILES string of the molecule is CC(C)(C)[C@H](N)C(=O)O.CC(C)(C)[C@H](Nc1ccccc1[N+](=O)[O-])C(=O)O.O=[N+]([O-])c1ccccc1F.[B].[B][B].[B][B][B]. The van der Waals surface area contributed by atoms with Gasteiger partial charge in [-0.2, -0.15) is 4.39 Å². The highest BCUT2D eigenvalue weighted by molar-refractivity contribution is 7.17. The molecule has 222 valence electrons. The summed E-state index contributed by atoms with van der Waals surface area (Å²) in [6, 6.07) is 9.32. The molecule has 12 radical (unpaired) electrons. The monoisotopic (exact) mass is 590 g/mol. The zero-order valence-corrected chi connectivity index (χ0v) is 24.9. The van der Waals surface area contributed by atoms with Crippen molar-refractivity contribution in [1.82, 2.24) is 0 Å². The van der Waals surface area contributed by atoms with Crippen LogP contribution >= 0.6 is 0 Å². The summed E-state index contributed by atoms with van der Waals surface area (Å²) in [6.07, 6.45) is 0. The number of benzene rings is 2. The smallest absolute Gasteiger partial charge is 0.326 e. The van der Waals surface area contributed by atoms with Gasteiger partial charge in [0.1, 0.15) is 17.8 Å². The van der Waals surface area contributed by atoms with Crippen molar-refractivity contribution in [2.24, 2.45) is 16.6 Å². The van der Waals surface area contributed by atoms with Crippen molar-refractivity contribution in [3.63, 3.8) is 0 Å². The second kappa shape index (κ2) is 22.8. The number of nitro benzene ring substituents is 2. The van der Waals surface area contributed by atoms with Gasteiger partial charge in [0, 0.05) is 58.6 Å². The first-order valence-corrected chi connectivity index (χ1v) is 11.9. The number of hydrogen-bond donors (Lipinski definition) is 4. The number of halogens is 1. The summed E-state index contributed by atoms with van der Waals surface area (Å²) in [7, 11) is 18.0. The van der Waals surface area contributed by atoms with E-state index in [-0.39, 0.29) is 25.2 Å². The maximum absolute atomic E-state index is 12.4. The highest BCUT2D eigenvalue weighted by Crippen LogP contribution is 2.29. The Morgan fingerprint density at radius 2 is 1.23 bits per heavy atom. The molecule has 19 heteroatoms. The zero-order valence-electron chi connectivity index (χ0n) is 24.9. The minimum atomic E-state index is -1.04. The Kier molecular flexibility index (Phi) is 24.5. The second-order valence-corrected chi connectivity index (χ2v) is 10.1. The summed E-state index contributed by atoms with van der Waals surface area (Å²) in [6.45, 7) is 10.7. The fourth-order valence-electron chi connectivity index (χ4n) is 2.53. The topological polar surface area (TPSA) is 199 Å². The number of anilines is 1. The number of hydrogen-bond acceptors (Lipinski definition) is 8. The number of nitrogens with one attached hydrogen (secondary N) is 1. The van der Waals surface area contributed by atoms with Gasteiger partial charge in [-0.1, -0.05) is 65.8 Å². The largest absolute Gasteiger partial charge is 0.480 e. The lowest BCUT2D eigenvalue weighted by Crippen LogP contribution is -2.41. The average molecular weight is 589 g/mol. The Hall–Kier alpha value is -3.74. The van der Waals surface area contributed by atoms with E-state index in [9.17, 15) is 34.2 Å². The molecule has 0 unspecified atom stereocenters. The van der Waals surface area contributed by atoms with Crippen molar-refractivity contribution in [3.05, 3.63) is 74.6 Å². The highest BCUT2D eigenvalue weighted by atomic mass is 19.1. The molecule has 0 bridgehead atoms. The molecule has 0 heterocycles. The highest BCUT2D eigenvalue weighted by Gasteiger charge is 2.32. The van der Waals surface area contributed by atoms with Crippen molar-refractivity contribution >= 4 is 75.4 Å². The fraction of sp³-hybridized carbons (Fsp3) is 0.417. The summed E-state index contributed by atoms with van der Waals surface area (Å²) in [5, 5.41) is 41.1. The van der Waals surface area contributed by atoms with Gasteiger partial charge in [0.05, 0.1) is 9.85 Å². The van der Waals surface area contributed by atoms with E-state index in [1.807, 2.05) is 0 Å². The summed E-state index contributed by atoms with van der Waals surface area (Å²) in [4.78, 5) is 41.0. The van der Waals surface area contributed by atoms with Gasteiger partial charge in [-0.3, -0.25) is 25.0 Å². The van der Waals surface area contributed by atoms with Crippen LogP contribution in [0.25, 0.3) is 0 Å². The number of rotatable bonds is 6. The molecule has 2 aromatic rings. The summed E-state index contributed by atoms with van der Waals surface area (Å²) >= 11 is 0. The van der Waals surface area contributed by atoms with E-state index >= 15 is 0 Å². The Morgan fingerprint density at radius 3 is 1.49 bits per heavy atom. The van der Waals surface area contributed by atoms with E-state index in [2.05, 4.69) is 36.3 Å². The van der Waals surface area contributed by atoms with Crippen LogP contribution in [0.5, 0.6) is 0 Å². The molecule has 5 N–H and O–H groups in total. The first kappa shape index (κ1) is 46.2. The second-order valence-electron chi connectivity index (χ2n) is 10.1. The lowest BCUT2D eigenvalue weighted by atomic mass is 9.40. The third-order valence-corrected chi connectivity index (χ3v) is 4.76. The van der Waals surface area contributed by atoms with E-state index in [1.54, 1.807) is 47.6 Å². The first-order valence-electron chi connectivity index (χ1n) is 11.9. The maximum Gasteiger partial charge on any atom is 0.326 e. The number of nitrogens with two attached hydrogens (primary N) is 1.